The molecule has 0 radical (unpaired) electrons. The van der Waals surface area contributed by atoms with Crippen molar-refractivity contribution >= 4 is 12.2 Å². The molecule has 1 aromatic rings. The molecule has 0 unspecified atom stereocenters. The van der Waals surface area contributed by atoms with Gasteiger partial charge in [-0.2, -0.15) is 0 Å². The highest BCUT2D eigenvalue weighted by Gasteiger charge is 1.81. The Hall–Kier alpha value is -1.14. The minimum absolute atomic E-state index is 0.561. The van der Waals surface area contributed by atoms with E-state index in [1.54, 1.807) is 6.20 Å². The van der Waals surface area contributed by atoms with Gasteiger partial charge < -0.3 is 4.98 Å². The quantitative estimate of drug-likeness (QED) is 0.427. The minimum Gasteiger partial charge on any atom is -0.337 e. The molecule has 1 heterocycles. The number of H-pyrrole nitrogens is 1. The molecule has 1 N–H and O–H groups in total. The summed E-state index contributed by atoms with van der Waals surface area (Å²) in [6.07, 6.45) is 8.14. The summed E-state index contributed by atoms with van der Waals surface area (Å²) in [6, 6.07) is 0. The number of rotatable bonds is 0. The zero-order valence-corrected chi connectivity index (χ0v) is 5.40. The molecular weight excluding hydrogens is 132 g/mol. The van der Waals surface area contributed by atoms with Crippen LogP contribution in [0.5, 0.6) is 0 Å². The highest BCUT2D eigenvalue weighted by Crippen LogP contribution is 1.86. The fourth-order valence-corrected chi connectivity index (χ4v) is 0.621. The van der Waals surface area contributed by atoms with Gasteiger partial charge in [0.2, 0.25) is 0 Å². The summed E-state index contributed by atoms with van der Waals surface area (Å²) in [7, 11) is 0. The lowest BCUT2D eigenvalue weighted by Crippen LogP contribution is -1.82. The Bertz CT molecular complexity index is 294. The van der Waals surface area contributed by atoms with Crippen molar-refractivity contribution in [1.82, 2.24) is 9.97 Å². The van der Waals surface area contributed by atoms with Gasteiger partial charge in [-0.1, -0.05) is 18.1 Å². The monoisotopic (exact) mass is 136 g/mol. The number of aromatic nitrogens is 2. The predicted molar refractivity (Wildman–Crippen MR) is 37.4 cm³/mol. The zero-order chi connectivity index (χ0) is 6.69. The molecule has 0 spiro atoms. The second kappa shape index (κ2) is 2.42. The van der Waals surface area contributed by atoms with Gasteiger partial charge in [-0.05, 0) is 0 Å². The van der Waals surface area contributed by atoms with Crippen LogP contribution in [0.25, 0.3) is 0 Å². The number of hydrogen-bond acceptors (Lipinski definition) is 2. The van der Waals surface area contributed by atoms with Gasteiger partial charge in [0.25, 0.3) is 0 Å². The van der Waals surface area contributed by atoms with Crippen LogP contribution in [0.4, 0.5) is 0 Å². The molecule has 44 valence electrons. The number of nitrogens with one attached hydrogen (secondary N) is 1. The van der Waals surface area contributed by atoms with Crippen molar-refractivity contribution in [2.24, 2.45) is 0 Å². The largest absolute Gasteiger partial charge is 0.337 e. The van der Waals surface area contributed by atoms with E-state index >= 15 is 0 Å². The standard InChI is InChI=1S/C6H4N2S/c1-2-5-3-7-4-6(9)8-5/h1,3-4H,(H,8,9). The molecule has 1 rings (SSSR count). The average molecular weight is 136 g/mol. The van der Waals surface area contributed by atoms with Crippen molar-refractivity contribution in [3.05, 3.63) is 22.7 Å². The first-order valence-corrected chi connectivity index (χ1v) is 2.74. The average Bonchev–Trinajstić information content (AvgIpc) is 1.88. The van der Waals surface area contributed by atoms with Crippen molar-refractivity contribution in [3.8, 4) is 12.3 Å². The molecule has 0 saturated heterocycles. The number of nitrogens with zero attached hydrogens (tertiary/aromatic N) is 1. The van der Waals surface area contributed by atoms with Gasteiger partial charge in [-0.15, -0.1) is 6.42 Å². The van der Waals surface area contributed by atoms with E-state index < -0.39 is 0 Å². The van der Waals surface area contributed by atoms with Gasteiger partial charge in [-0.25, -0.2) is 0 Å². The lowest BCUT2D eigenvalue weighted by atomic mass is 10.5. The lowest BCUT2D eigenvalue weighted by Gasteiger charge is -1.85. The van der Waals surface area contributed by atoms with E-state index in [2.05, 4.69) is 15.9 Å². The van der Waals surface area contributed by atoms with Crippen LogP contribution in [0.2, 0.25) is 0 Å². The number of aromatic amines is 1. The second-order valence-corrected chi connectivity index (χ2v) is 1.89. The third-order valence-electron chi connectivity index (χ3n) is 0.809. The molecule has 0 aliphatic heterocycles. The molecule has 1 aromatic heterocycles. The summed E-state index contributed by atoms with van der Waals surface area (Å²) in [6.45, 7) is 0. The highest BCUT2D eigenvalue weighted by atomic mass is 32.1. The predicted octanol–water partition coefficient (Wildman–Crippen LogP) is 1.12. The van der Waals surface area contributed by atoms with Gasteiger partial charge in [0.05, 0.1) is 12.4 Å². The molecule has 0 saturated carbocycles. The Labute approximate surface area is 58.0 Å². The van der Waals surface area contributed by atoms with E-state index in [4.69, 9.17) is 18.6 Å². The fraction of sp³-hybridized carbons (Fsp3) is 0. The van der Waals surface area contributed by atoms with E-state index in [1.807, 2.05) is 0 Å². The molecular formula is C6H4N2S. The van der Waals surface area contributed by atoms with Crippen molar-refractivity contribution in [3.63, 3.8) is 0 Å². The Morgan fingerprint density at radius 2 is 2.44 bits per heavy atom. The molecule has 0 amide bonds. The molecule has 0 atom stereocenters. The van der Waals surface area contributed by atoms with Crippen LogP contribution in [-0.4, -0.2) is 9.97 Å². The minimum atomic E-state index is 0.561. The van der Waals surface area contributed by atoms with Gasteiger partial charge in [0, 0.05) is 0 Å². The molecule has 0 aliphatic carbocycles. The Morgan fingerprint density at radius 3 is 2.89 bits per heavy atom. The normalized spacial score (nSPS) is 8.33. The van der Waals surface area contributed by atoms with Crippen LogP contribution in [0.1, 0.15) is 5.69 Å². The Balaban J connectivity index is 3.28. The van der Waals surface area contributed by atoms with Crippen LogP contribution >= 0.6 is 12.2 Å². The first-order chi connectivity index (χ1) is 4.33. The second-order valence-electron chi connectivity index (χ2n) is 1.45. The molecule has 0 bridgehead atoms. The van der Waals surface area contributed by atoms with Crippen molar-refractivity contribution < 1.29 is 0 Å². The number of hydrogen-bond donors (Lipinski definition) is 1. The SMILES string of the molecule is C#Cc1cncc(=S)[nH]1. The third-order valence-corrected chi connectivity index (χ3v) is 1.02. The lowest BCUT2D eigenvalue weighted by molar-refractivity contribution is 1.15. The summed E-state index contributed by atoms with van der Waals surface area (Å²) < 4.78 is 0.561. The van der Waals surface area contributed by atoms with Crippen molar-refractivity contribution in [2.45, 2.75) is 0 Å². The summed E-state index contributed by atoms with van der Waals surface area (Å²) >= 11 is 4.75. The highest BCUT2D eigenvalue weighted by molar-refractivity contribution is 7.71. The van der Waals surface area contributed by atoms with Crippen LogP contribution in [0, 0.1) is 17.0 Å². The summed E-state index contributed by atoms with van der Waals surface area (Å²) in [5, 5.41) is 0. The fourth-order valence-electron chi connectivity index (χ4n) is 0.450. The molecule has 0 fully saturated rings. The first kappa shape index (κ1) is 5.99. The van der Waals surface area contributed by atoms with Crippen LogP contribution < -0.4 is 0 Å². The van der Waals surface area contributed by atoms with Crippen LogP contribution in [-0.2, 0) is 0 Å². The van der Waals surface area contributed by atoms with Crippen molar-refractivity contribution in [1.29, 1.82) is 0 Å². The Morgan fingerprint density at radius 1 is 1.67 bits per heavy atom. The zero-order valence-electron chi connectivity index (χ0n) is 4.59. The van der Waals surface area contributed by atoms with E-state index in [-0.39, 0.29) is 0 Å². The molecule has 2 nitrogen and oxygen atoms in total. The first-order valence-electron chi connectivity index (χ1n) is 2.34. The summed E-state index contributed by atoms with van der Waals surface area (Å²) in [4.78, 5) is 6.55. The smallest absolute Gasteiger partial charge is 0.122 e. The molecule has 0 aliphatic rings. The molecule has 3 heteroatoms. The summed E-state index contributed by atoms with van der Waals surface area (Å²) in [5.41, 5.74) is 0.613. The topological polar surface area (TPSA) is 28.7 Å². The van der Waals surface area contributed by atoms with Gasteiger partial charge in [-0.3, -0.25) is 4.98 Å². The molecule has 9 heavy (non-hydrogen) atoms. The number of terminal acetylenes is 1. The maximum Gasteiger partial charge on any atom is 0.122 e. The Kier molecular flexibility index (Phi) is 1.61. The van der Waals surface area contributed by atoms with E-state index in [1.165, 1.54) is 6.20 Å². The van der Waals surface area contributed by atoms with Crippen LogP contribution in [0.3, 0.4) is 0 Å². The van der Waals surface area contributed by atoms with E-state index in [9.17, 15) is 0 Å². The third kappa shape index (κ3) is 1.37. The van der Waals surface area contributed by atoms with Gasteiger partial charge in [0.15, 0.2) is 0 Å². The van der Waals surface area contributed by atoms with Gasteiger partial charge in [0.1, 0.15) is 10.3 Å². The van der Waals surface area contributed by atoms with E-state index in [0.29, 0.717) is 10.3 Å². The van der Waals surface area contributed by atoms with Crippen LogP contribution in [0.15, 0.2) is 12.4 Å². The summed E-state index contributed by atoms with van der Waals surface area (Å²) in [5.74, 6) is 2.38. The van der Waals surface area contributed by atoms with Gasteiger partial charge >= 0.3 is 0 Å². The van der Waals surface area contributed by atoms with E-state index in [0.717, 1.165) is 0 Å². The maximum atomic E-state index is 5.05. The maximum absolute atomic E-state index is 5.05. The van der Waals surface area contributed by atoms with Crippen molar-refractivity contribution in [2.75, 3.05) is 0 Å². The molecule has 0 aromatic carbocycles.